The van der Waals surface area contributed by atoms with E-state index in [1.807, 2.05) is 45.9 Å². The molecule has 1 aromatic heterocycles. The summed E-state index contributed by atoms with van der Waals surface area (Å²) in [4.78, 5) is 20.0. The summed E-state index contributed by atoms with van der Waals surface area (Å²) in [7, 11) is -4.26. The Labute approximate surface area is 246 Å². The van der Waals surface area contributed by atoms with Crippen LogP contribution in [0.3, 0.4) is 0 Å². The Kier molecular flexibility index (Phi) is 7.02. The molecule has 0 amide bonds. The van der Waals surface area contributed by atoms with Gasteiger partial charge in [-0.1, -0.05) is 38.1 Å². The van der Waals surface area contributed by atoms with Gasteiger partial charge in [-0.15, -0.1) is 0 Å². The third kappa shape index (κ3) is 6.87. The van der Waals surface area contributed by atoms with Gasteiger partial charge in [0, 0.05) is 27.8 Å². The normalized spacial score (nSPS) is 22.2. The van der Waals surface area contributed by atoms with Crippen molar-refractivity contribution in [3.63, 3.8) is 0 Å². The molecule has 3 N–H and O–H groups in total. The Morgan fingerprint density at radius 1 is 1.17 bits per heavy atom. The first-order valence-corrected chi connectivity index (χ1v) is 15.3. The molecule has 9 nitrogen and oxygen atoms in total. The highest BCUT2D eigenvalue weighted by Crippen LogP contribution is 2.60. The van der Waals surface area contributed by atoms with E-state index in [2.05, 4.69) is 20.0 Å². The SMILES string of the molecule is [2H]C1(N[C@@H](COc2cc(-c3c(C)cccc3C)nc(NS(=O)(=O)c3cccc(C(=O)O)c3)n2)CC(C)C)CC2(CC2)C1([2H])[2H]. The summed E-state index contributed by atoms with van der Waals surface area (Å²) in [5, 5.41) is 12.6. The van der Waals surface area contributed by atoms with Crippen molar-refractivity contribution in [3.05, 3.63) is 65.2 Å². The molecule has 0 radical (unpaired) electrons. The van der Waals surface area contributed by atoms with Crippen molar-refractivity contribution < 1.29 is 27.2 Å². The Bertz CT molecular complexity index is 1680. The lowest BCUT2D eigenvalue weighted by Crippen LogP contribution is -2.49. The van der Waals surface area contributed by atoms with Crippen LogP contribution in [0.1, 0.15) is 71.5 Å². The smallest absolute Gasteiger partial charge is 0.335 e. The minimum Gasteiger partial charge on any atom is -0.478 e. The van der Waals surface area contributed by atoms with Gasteiger partial charge in [0.05, 0.1) is 16.2 Å². The third-order valence-corrected chi connectivity index (χ3v) is 8.73. The third-order valence-electron chi connectivity index (χ3n) is 7.41. The zero-order valence-electron chi connectivity index (χ0n) is 26.7. The van der Waals surface area contributed by atoms with Gasteiger partial charge in [-0.3, -0.25) is 0 Å². The van der Waals surface area contributed by atoms with Crippen LogP contribution in [0, 0.1) is 25.2 Å². The Morgan fingerprint density at radius 3 is 2.51 bits per heavy atom. The molecule has 218 valence electrons. The predicted molar refractivity (Wildman–Crippen MR) is 158 cm³/mol. The molecule has 0 bridgehead atoms. The summed E-state index contributed by atoms with van der Waals surface area (Å²) >= 11 is 0. The van der Waals surface area contributed by atoms with E-state index < -0.39 is 33.8 Å². The summed E-state index contributed by atoms with van der Waals surface area (Å²) < 4.78 is 61.2. The largest absolute Gasteiger partial charge is 0.478 e. The number of sulfonamides is 1. The van der Waals surface area contributed by atoms with E-state index in [1.165, 1.54) is 18.2 Å². The minimum atomic E-state index is -4.26. The molecule has 2 saturated carbocycles. The van der Waals surface area contributed by atoms with Crippen LogP contribution in [-0.4, -0.2) is 48.1 Å². The van der Waals surface area contributed by atoms with Gasteiger partial charge in [0.15, 0.2) is 0 Å². The second-order valence-corrected chi connectivity index (χ2v) is 13.1. The van der Waals surface area contributed by atoms with Crippen LogP contribution in [0.4, 0.5) is 5.95 Å². The standard InChI is InChI=1S/C31H38N4O5S/c1-19(2)13-23(32-24-16-31(17-24)11-12-31)18-40-27-15-26(28-20(3)7-5-8-21(28)4)33-30(34-27)35-41(38,39)25-10-6-9-22(14-25)29(36)37/h5-10,14-15,19,23-24,32H,11-13,16-18H2,1-4H3,(H,36,37)(H,33,34,35)/t23-/m1/s1/i16D2,24D/t23-,24?. The highest BCUT2D eigenvalue weighted by molar-refractivity contribution is 7.92. The first-order chi connectivity index (χ1) is 20.6. The number of aryl methyl sites for hydroxylation is 2. The van der Waals surface area contributed by atoms with E-state index in [4.69, 9.17) is 8.85 Å². The number of carboxylic acids is 1. The molecule has 10 heteroatoms. The van der Waals surface area contributed by atoms with Gasteiger partial charge in [0.25, 0.3) is 10.0 Å². The average molecular weight is 582 g/mol. The van der Waals surface area contributed by atoms with Crippen molar-refractivity contribution in [1.82, 2.24) is 15.3 Å². The van der Waals surface area contributed by atoms with Crippen molar-refractivity contribution in [2.75, 3.05) is 11.3 Å². The van der Waals surface area contributed by atoms with Gasteiger partial charge in [-0.25, -0.2) is 22.9 Å². The van der Waals surface area contributed by atoms with Gasteiger partial charge in [0.2, 0.25) is 11.8 Å². The first kappa shape index (κ1) is 25.2. The van der Waals surface area contributed by atoms with Gasteiger partial charge in [0.1, 0.15) is 6.61 Å². The van der Waals surface area contributed by atoms with Crippen molar-refractivity contribution in [1.29, 1.82) is 0 Å². The van der Waals surface area contributed by atoms with Crippen molar-refractivity contribution in [2.24, 2.45) is 11.3 Å². The van der Waals surface area contributed by atoms with Crippen LogP contribution >= 0.6 is 0 Å². The lowest BCUT2D eigenvalue weighted by Gasteiger charge is -2.39. The number of hydrogen-bond acceptors (Lipinski definition) is 7. The van der Waals surface area contributed by atoms with Gasteiger partial charge < -0.3 is 15.2 Å². The number of carboxylic acid groups (broad SMARTS) is 1. The van der Waals surface area contributed by atoms with Crippen LogP contribution in [0.2, 0.25) is 0 Å². The van der Waals surface area contributed by atoms with E-state index in [1.54, 1.807) is 6.07 Å². The molecule has 5 rings (SSSR count). The van der Waals surface area contributed by atoms with E-state index in [9.17, 15) is 18.3 Å². The number of benzene rings is 2. The minimum absolute atomic E-state index is 0.0674. The van der Waals surface area contributed by atoms with Gasteiger partial charge >= 0.3 is 5.97 Å². The molecule has 2 aliphatic rings. The Morgan fingerprint density at radius 2 is 1.88 bits per heavy atom. The summed E-state index contributed by atoms with van der Waals surface area (Å²) in [6.45, 7) is 7.99. The summed E-state index contributed by atoms with van der Waals surface area (Å²) in [6.07, 6.45) is 1.02. The summed E-state index contributed by atoms with van der Waals surface area (Å²) in [5.74, 6) is -1.18. The zero-order valence-corrected chi connectivity index (χ0v) is 24.5. The van der Waals surface area contributed by atoms with Crippen LogP contribution in [0.25, 0.3) is 11.3 Å². The molecular weight excluding hydrogens is 540 g/mol. The monoisotopic (exact) mass is 581 g/mol. The zero-order chi connectivity index (χ0) is 32.1. The van der Waals surface area contributed by atoms with Crippen molar-refractivity contribution in [2.45, 2.75) is 76.7 Å². The number of aromatic carboxylic acids is 1. The summed E-state index contributed by atoms with van der Waals surface area (Å²) in [6, 6.07) is 10.6. The molecule has 41 heavy (non-hydrogen) atoms. The lowest BCUT2D eigenvalue weighted by atomic mass is 9.76. The number of nitrogens with zero attached hydrogens (tertiary/aromatic N) is 2. The number of rotatable bonds is 12. The summed E-state index contributed by atoms with van der Waals surface area (Å²) in [5.41, 5.74) is 2.46. The second kappa shape index (κ2) is 11.4. The van der Waals surface area contributed by atoms with Gasteiger partial charge in [-0.2, -0.15) is 4.98 Å². The molecule has 0 aliphatic heterocycles. The fourth-order valence-electron chi connectivity index (χ4n) is 5.22. The maximum absolute atomic E-state index is 13.3. The van der Waals surface area contributed by atoms with E-state index in [0.717, 1.165) is 35.6 Å². The number of hydrogen-bond donors (Lipinski definition) is 3. The van der Waals surface area contributed by atoms with Crippen molar-refractivity contribution >= 4 is 21.9 Å². The topological polar surface area (TPSA) is 131 Å². The molecule has 2 atom stereocenters. The maximum Gasteiger partial charge on any atom is 0.335 e. The average Bonchev–Trinajstić information content (AvgIpc) is 3.73. The second-order valence-electron chi connectivity index (χ2n) is 11.5. The molecule has 2 aromatic carbocycles. The van der Waals surface area contributed by atoms with Crippen LogP contribution in [0.15, 0.2) is 53.4 Å². The molecule has 1 unspecified atom stereocenters. The molecule has 1 spiro atoms. The molecule has 2 aliphatic carbocycles. The van der Waals surface area contributed by atoms with Crippen LogP contribution < -0.4 is 14.8 Å². The van der Waals surface area contributed by atoms with Crippen LogP contribution in [-0.2, 0) is 10.0 Å². The highest BCUT2D eigenvalue weighted by Gasteiger charge is 2.53. The molecule has 1 heterocycles. The van der Waals surface area contributed by atoms with Gasteiger partial charge in [-0.05, 0) is 86.6 Å². The lowest BCUT2D eigenvalue weighted by molar-refractivity contribution is 0.0696. The van der Waals surface area contributed by atoms with E-state index in [0.29, 0.717) is 18.5 Å². The quantitative estimate of drug-likeness (QED) is 0.253. The molecule has 3 aromatic rings. The number of nitrogens with one attached hydrogen (secondary N) is 2. The fourth-order valence-corrected chi connectivity index (χ4v) is 6.21. The number of aromatic nitrogens is 2. The highest BCUT2D eigenvalue weighted by atomic mass is 32.2. The fraction of sp³-hybridized carbons (Fsp3) is 0.452. The van der Waals surface area contributed by atoms with E-state index >= 15 is 0 Å². The predicted octanol–water partition coefficient (Wildman–Crippen LogP) is 5.59. The van der Waals surface area contributed by atoms with E-state index in [-0.39, 0.29) is 40.9 Å². The Balaban J connectivity index is 1.45. The Hall–Kier alpha value is -3.50. The molecule has 2 fully saturated rings. The number of anilines is 1. The van der Waals surface area contributed by atoms with Crippen molar-refractivity contribution in [3.8, 4) is 17.1 Å². The number of carbonyl (C=O) groups is 1. The maximum atomic E-state index is 13.3. The number of ether oxygens (including phenoxy) is 1. The molecular formula is C31H38N4O5S. The molecule has 0 saturated heterocycles. The van der Waals surface area contributed by atoms with Crippen LogP contribution in [0.5, 0.6) is 5.88 Å². The first-order valence-electron chi connectivity index (χ1n) is 15.3.